The summed E-state index contributed by atoms with van der Waals surface area (Å²) in [7, 11) is 0. The first-order chi connectivity index (χ1) is 5.04. The molecule has 0 heterocycles. The van der Waals surface area contributed by atoms with E-state index >= 15 is 0 Å². The van der Waals surface area contributed by atoms with Crippen molar-refractivity contribution in [1.29, 1.82) is 0 Å². The van der Waals surface area contributed by atoms with Gasteiger partial charge in [0.05, 0.1) is 5.69 Å². The molecule has 0 aromatic heterocycles. The molecule has 60 valence electrons. The smallest absolute Gasteiger partial charge is 0.149 e. The monoisotopic (exact) mass is 157 g/mol. The summed E-state index contributed by atoms with van der Waals surface area (Å²) < 4.78 is 25.4. The molecule has 0 aliphatic carbocycles. The maximum atomic E-state index is 12.7. The van der Waals surface area contributed by atoms with Gasteiger partial charge in [0.1, 0.15) is 11.6 Å². The molecule has 1 nitrogen and oxygen atoms in total. The van der Waals surface area contributed by atoms with Crippen molar-refractivity contribution in [2.75, 3.05) is 5.73 Å². The van der Waals surface area contributed by atoms with E-state index in [0.29, 0.717) is 11.1 Å². The summed E-state index contributed by atoms with van der Waals surface area (Å²) >= 11 is 0. The Balaban J connectivity index is 3.46. The maximum Gasteiger partial charge on any atom is 0.149 e. The molecule has 0 bridgehead atoms. The van der Waals surface area contributed by atoms with Crippen LogP contribution in [0.2, 0.25) is 0 Å². The first kappa shape index (κ1) is 7.98. The Morgan fingerprint density at radius 1 is 1.09 bits per heavy atom. The van der Waals surface area contributed by atoms with Crippen molar-refractivity contribution in [3.63, 3.8) is 0 Å². The molecule has 0 saturated heterocycles. The zero-order chi connectivity index (χ0) is 8.59. The lowest BCUT2D eigenvalue weighted by Crippen LogP contribution is -1.99. The van der Waals surface area contributed by atoms with Crippen LogP contribution in [0, 0.1) is 25.5 Å². The van der Waals surface area contributed by atoms with Crippen molar-refractivity contribution >= 4 is 5.69 Å². The van der Waals surface area contributed by atoms with Gasteiger partial charge in [-0.2, -0.15) is 0 Å². The largest absolute Gasteiger partial charge is 0.396 e. The second-order valence-corrected chi connectivity index (χ2v) is 2.50. The molecule has 1 rings (SSSR count). The molecular weight excluding hydrogens is 148 g/mol. The van der Waals surface area contributed by atoms with E-state index in [4.69, 9.17) is 5.73 Å². The van der Waals surface area contributed by atoms with Crippen molar-refractivity contribution in [2.45, 2.75) is 13.8 Å². The Bertz CT molecular complexity index is 268. The highest BCUT2D eigenvalue weighted by Crippen LogP contribution is 2.21. The average Bonchev–Trinajstić information content (AvgIpc) is 1.97. The van der Waals surface area contributed by atoms with E-state index in [-0.39, 0.29) is 5.69 Å². The first-order valence-electron chi connectivity index (χ1n) is 3.24. The normalized spacial score (nSPS) is 10.2. The third-order valence-corrected chi connectivity index (χ3v) is 1.84. The lowest BCUT2D eigenvalue weighted by molar-refractivity contribution is 0.578. The fourth-order valence-electron chi connectivity index (χ4n) is 0.858. The summed E-state index contributed by atoms with van der Waals surface area (Å²) in [5, 5.41) is 0. The fourth-order valence-corrected chi connectivity index (χ4v) is 0.858. The molecular formula is C8H9F2N. The number of nitrogen functional groups attached to an aromatic ring is 1. The van der Waals surface area contributed by atoms with Crippen LogP contribution in [0.4, 0.5) is 14.5 Å². The minimum atomic E-state index is -0.689. The van der Waals surface area contributed by atoms with Crippen molar-refractivity contribution in [3.8, 4) is 0 Å². The highest BCUT2D eigenvalue weighted by Gasteiger charge is 2.08. The van der Waals surface area contributed by atoms with Gasteiger partial charge in [-0.25, -0.2) is 8.78 Å². The number of anilines is 1. The van der Waals surface area contributed by atoms with Crippen molar-refractivity contribution in [2.24, 2.45) is 0 Å². The number of rotatable bonds is 0. The van der Waals surface area contributed by atoms with Crippen LogP contribution in [0.1, 0.15) is 11.1 Å². The topological polar surface area (TPSA) is 26.0 Å². The molecule has 1 aromatic carbocycles. The summed E-state index contributed by atoms with van der Waals surface area (Å²) in [5.41, 5.74) is 6.22. The standard InChI is InChI=1S/C8H9F2N/c1-4-5(2)8(11)7(10)3-6(4)9/h3H,11H2,1-2H3. The molecule has 0 radical (unpaired) electrons. The molecule has 0 aliphatic heterocycles. The van der Waals surface area contributed by atoms with Gasteiger partial charge < -0.3 is 5.73 Å². The molecule has 0 aliphatic rings. The van der Waals surface area contributed by atoms with Crippen LogP contribution in [-0.4, -0.2) is 0 Å². The van der Waals surface area contributed by atoms with Crippen LogP contribution in [0.3, 0.4) is 0 Å². The fraction of sp³-hybridized carbons (Fsp3) is 0.250. The second-order valence-electron chi connectivity index (χ2n) is 2.50. The Morgan fingerprint density at radius 3 is 2.18 bits per heavy atom. The summed E-state index contributed by atoms with van der Waals surface area (Å²) in [6.07, 6.45) is 0. The molecule has 0 amide bonds. The minimum Gasteiger partial charge on any atom is -0.396 e. The van der Waals surface area contributed by atoms with E-state index in [1.54, 1.807) is 13.8 Å². The van der Waals surface area contributed by atoms with Gasteiger partial charge in [-0.3, -0.25) is 0 Å². The van der Waals surface area contributed by atoms with Crippen LogP contribution in [-0.2, 0) is 0 Å². The van der Waals surface area contributed by atoms with Gasteiger partial charge in [0.2, 0.25) is 0 Å². The van der Waals surface area contributed by atoms with Crippen molar-refractivity contribution < 1.29 is 8.78 Å². The maximum absolute atomic E-state index is 12.7. The zero-order valence-corrected chi connectivity index (χ0v) is 6.41. The average molecular weight is 157 g/mol. The highest BCUT2D eigenvalue weighted by atomic mass is 19.1. The SMILES string of the molecule is Cc1c(F)cc(F)c(N)c1C. The van der Waals surface area contributed by atoms with Crippen LogP contribution < -0.4 is 5.73 Å². The number of halogens is 2. The predicted octanol–water partition coefficient (Wildman–Crippen LogP) is 2.16. The molecule has 0 saturated carbocycles. The predicted molar refractivity (Wildman–Crippen MR) is 40.2 cm³/mol. The quantitative estimate of drug-likeness (QED) is 0.574. The van der Waals surface area contributed by atoms with E-state index < -0.39 is 11.6 Å². The molecule has 3 heteroatoms. The van der Waals surface area contributed by atoms with E-state index in [9.17, 15) is 8.78 Å². The lowest BCUT2D eigenvalue weighted by atomic mass is 10.1. The zero-order valence-electron chi connectivity index (χ0n) is 6.41. The van der Waals surface area contributed by atoms with Crippen LogP contribution in [0.15, 0.2) is 6.07 Å². The molecule has 0 atom stereocenters. The molecule has 0 unspecified atom stereocenters. The van der Waals surface area contributed by atoms with Crippen molar-refractivity contribution in [3.05, 3.63) is 28.8 Å². The lowest BCUT2D eigenvalue weighted by Gasteiger charge is -2.05. The van der Waals surface area contributed by atoms with Crippen LogP contribution >= 0.6 is 0 Å². The van der Waals surface area contributed by atoms with Crippen molar-refractivity contribution in [1.82, 2.24) is 0 Å². The Morgan fingerprint density at radius 2 is 1.64 bits per heavy atom. The Labute approximate surface area is 63.8 Å². The molecule has 11 heavy (non-hydrogen) atoms. The molecule has 2 N–H and O–H groups in total. The summed E-state index contributed by atoms with van der Waals surface area (Å²) in [6.45, 7) is 3.16. The number of hydrogen-bond acceptors (Lipinski definition) is 1. The third kappa shape index (κ3) is 1.18. The van der Waals surface area contributed by atoms with Gasteiger partial charge in [0.25, 0.3) is 0 Å². The van der Waals surface area contributed by atoms with Gasteiger partial charge in [0, 0.05) is 6.07 Å². The molecule has 0 spiro atoms. The molecule has 1 aromatic rings. The Kier molecular flexibility index (Phi) is 1.81. The van der Waals surface area contributed by atoms with E-state index in [1.165, 1.54) is 0 Å². The first-order valence-corrected chi connectivity index (χ1v) is 3.24. The van der Waals surface area contributed by atoms with Gasteiger partial charge >= 0.3 is 0 Å². The van der Waals surface area contributed by atoms with Crippen LogP contribution in [0.5, 0.6) is 0 Å². The van der Waals surface area contributed by atoms with E-state index in [2.05, 4.69) is 0 Å². The second kappa shape index (κ2) is 2.49. The van der Waals surface area contributed by atoms with Crippen LogP contribution in [0.25, 0.3) is 0 Å². The van der Waals surface area contributed by atoms with Gasteiger partial charge in [0.15, 0.2) is 0 Å². The number of hydrogen-bond donors (Lipinski definition) is 1. The molecule has 0 fully saturated rings. The van der Waals surface area contributed by atoms with Gasteiger partial charge in [-0.15, -0.1) is 0 Å². The summed E-state index contributed by atoms with van der Waals surface area (Å²) in [6, 6.07) is 0.803. The third-order valence-electron chi connectivity index (χ3n) is 1.84. The number of benzene rings is 1. The summed E-state index contributed by atoms with van der Waals surface area (Å²) in [4.78, 5) is 0. The van der Waals surface area contributed by atoms with Gasteiger partial charge in [-0.1, -0.05) is 0 Å². The van der Waals surface area contributed by atoms with E-state index in [1.807, 2.05) is 0 Å². The Hall–Kier alpha value is -1.12. The highest BCUT2D eigenvalue weighted by molar-refractivity contribution is 5.51. The minimum absolute atomic E-state index is 0.0314. The van der Waals surface area contributed by atoms with E-state index in [0.717, 1.165) is 6.07 Å². The van der Waals surface area contributed by atoms with Gasteiger partial charge in [-0.05, 0) is 25.0 Å². The summed E-state index contributed by atoms with van der Waals surface area (Å²) in [5.74, 6) is -1.24. The number of nitrogens with two attached hydrogens (primary N) is 1.